The van der Waals surface area contributed by atoms with Crippen molar-refractivity contribution in [1.29, 1.82) is 0 Å². The highest BCUT2D eigenvalue weighted by Crippen LogP contribution is 2.30. The molecular weight excluding hydrogens is 535 g/mol. The third-order valence-corrected chi connectivity index (χ3v) is 8.38. The van der Waals surface area contributed by atoms with Gasteiger partial charge in [-0.1, -0.05) is 6.92 Å². The van der Waals surface area contributed by atoms with Crippen LogP contribution in [-0.4, -0.2) is 73.1 Å². The van der Waals surface area contributed by atoms with E-state index in [2.05, 4.69) is 14.6 Å². The van der Waals surface area contributed by atoms with Gasteiger partial charge in [-0.05, 0) is 74.1 Å². The van der Waals surface area contributed by atoms with Crippen LogP contribution < -0.4 is 9.46 Å². The number of fused-ring (bicyclic) bond motifs is 1. The standard InChI is InChI=1S/C29H35FN4O5S/c1-20-16-34(21(2)19-35)29(36)15-23-14-25(32-40(37,38)26-7-4-24(30)5-8-26)6-9-27(23)39-28(20)18-33(3)17-22-10-12-31-13-11-22/h4-14,20-21,28,32,35H,15-19H2,1-3H3/t20-,21-,28+/m0/s1. The van der Waals surface area contributed by atoms with Gasteiger partial charge in [-0.3, -0.25) is 19.4 Å². The molecule has 1 aliphatic heterocycles. The zero-order valence-corrected chi connectivity index (χ0v) is 23.6. The van der Waals surface area contributed by atoms with Crippen molar-refractivity contribution >= 4 is 21.6 Å². The summed E-state index contributed by atoms with van der Waals surface area (Å²) in [5.74, 6) is -0.308. The van der Waals surface area contributed by atoms with Crippen LogP contribution in [0.1, 0.15) is 25.0 Å². The van der Waals surface area contributed by atoms with Gasteiger partial charge in [0.15, 0.2) is 0 Å². The van der Waals surface area contributed by atoms with Gasteiger partial charge >= 0.3 is 0 Å². The van der Waals surface area contributed by atoms with Crippen LogP contribution in [0.5, 0.6) is 5.75 Å². The van der Waals surface area contributed by atoms with Crippen LogP contribution in [0.25, 0.3) is 0 Å². The molecule has 11 heteroatoms. The number of hydrogen-bond acceptors (Lipinski definition) is 7. The zero-order chi connectivity index (χ0) is 28.9. The first-order chi connectivity index (χ1) is 19.1. The molecule has 2 aromatic carbocycles. The van der Waals surface area contributed by atoms with E-state index in [4.69, 9.17) is 4.74 Å². The number of pyridine rings is 1. The minimum Gasteiger partial charge on any atom is -0.488 e. The van der Waals surface area contributed by atoms with Gasteiger partial charge in [0.2, 0.25) is 5.91 Å². The topological polar surface area (TPSA) is 112 Å². The van der Waals surface area contributed by atoms with Crippen molar-refractivity contribution in [3.05, 3.63) is 83.9 Å². The molecule has 9 nitrogen and oxygen atoms in total. The number of ether oxygens (including phenoxy) is 1. The number of halogens is 1. The van der Waals surface area contributed by atoms with Crippen LogP contribution >= 0.6 is 0 Å². The second kappa shape index (κ2) is 12.8. The lowest BCUT2D eigenvalue weighted by Gasteiger charge is -2.34. The molecule has 0 saturated carbocycles. The molecule has 0 bridgehead atoms. The summed E-state index contributed by atoms with van der Waals surface area (Å²) in [5.41, 5.74) is 1.88. The van der Waals surface area contributed by atoms with E-state index in [0.717, 1.165) is 17.7 Å². The number of aromatic nitrogens is 1. The molecule has 3 aromatic rings. The van der Waals surface area contributed by atoms with Crippen molar-refractivity contribution in [2.75, 3.05) is 31.5 Å². The third-order valence-electron chi connectivity index (χ3n) is 6.99. The first-order valence-corrected chi connectivity index (χ1v) is 14.6. The first-order valence-electron chi connectivity index (χ1n) is 13.1. The van der Waals surface area contributed by atoms with Gasteiger partial charge in [0.25, 0.3) is 10.0 Å². The quantitative estimate of drug-likeness (QED) is 0.406. The fraction of sp³-hybridized carbons (Fsp3) is 0.379. The monoisotopic (exact) mass is 570 g/mol. The van der Waals surface area contributed by atoms with Crippen molar-refractivity contribution in [1.82, 2.24) is 14.8 Å². The molecule has 0 unspecified atom stereocenters. The lowest BCUT2D eigenvalue weighted by Crippen LogP contribution is -2.47. The highest BCUT2D eigenvalue weighted by Gasteiger charge is 2.31. The maximum atomic E-state index is 13.4. The molecule has 0 fully saturated rings. The second-order valence-corrected chi connectivity index (χ2v) is 12.0. The summed E-state index contributed by atoms with van der Waals surface area (Å²) in [6.45, 7) is 5.27. The van der Waals surface area contributed by atoms with Crippen LogP contribution in [-0.2, 0) is 27.8 Å². The van der Waals surface area contributed by atoms with Crippen LogP contribution in [0.2, 0.25) is 0 Å². The summed E-state index contributed by atoms with van der Waals surface area (Å²) in [6.07, 6.45) is 3.17. The Bertz CT molecular complexity index is 1410. The Morgan fingerprint density at radius 3 is 2.55 bits per heavy atom. The highest BCUT2D eigenvalue weighted by atomic mass is 32.2. The average molecular weight is 571 g/mol. The Morgan fingerprint density at radius 1 is 1.18 bits per heavy atom. The predicted octanol–water partition coefficient (Wildman–Crippen LogP) is 3.30. The number of sulfonamides is 1. The van der Waals surface area contributed by atoms with E-state index in [9.17, 15) is 22.7 Å². The summed E-state index contributed by atoms with van der Waals surface area (Å²) >= 11 is 0. The predicted molar refractivity (Wildman–Crippen MR) is 150 cm³/mol. The number of carbonyl (C=O) groups excluding carboxylic acids is 1. The number of benzene rings is 2. The van der Waals surface area contributed by atoms with Crippen molar-refractivity contribution in [2.24, 2.45) is 5.92 Å². The van der Waals surface area contributed by atoms with Crippen molar-refractivity contribution in [3.8, 4) is 5.75 Å². The van der Waals surface area contributed by atoms with Crippen LogP contribution in [0.4, 0.5) is 10.1 Å². The number of likely N-dealkylation sites (N-methyl/N-ethyl adjacent to an activating group) is 1. The Kier molecular flexibility index (Phi) is 9.39. The average Bonchev–Trinajstić information content (AvgIpc) is 2.96. The molecule has 4 rings (SSSR count). The fourth-order valence-corrected chi connectivity index (χ4v) is 5.76. The molecule has 0 radical (unpaired) electrons. The molecule has 1 aromatic heterocycles. The number of rotatable bonds is 9. The molecule has 2 N–H and O–H groups in total. The number of hydrogen-bond donors (Lipinski definition) is 2. The number of aliphatic hydroxyl groups excluding tert-OH is 1. The van der Waals surface area contributed by atoms with Crippen molar-refractivity contribution in [3.63, 3.8) is 0 Å². The van der Waals surface area contributed by atoms with Crippen LogP contribution in [0.15, 0.2) is 71.9 Å². The van der Waals surface area contributed by atoms with Gasteiger partial charge in [-0.15, -0.1) is 0 Å². The molecule has 2 heterocycles. The van der Waals surface area contributed by atoms with Crippen LogP contribution in [0.3, 0.4) is 0 Å². The number of amides is 1. The van der Waals surface area contributed by atoms with Gasteiger partial charge < -0.3 is 14.7 Å². The molecule has 1 aliphatic rings. The molecule has 214 valence electrons. The van der Waals surface area contributed by atoms with Gasteiger partial charge in [-0.25, -0.2) is 12.8 Å². The number of anilines is 1. The maximum absolute atomic E-state index is 13.4. The van der Waals surface area contributed by atoms with E-state index in [0.29, 0.717) is 30.9 Å². The smallest absolute Gasteiger partial charge is 0.261 e. The van der Waals surface area contributed by atoms with E-state index >= 15 is 0 Å². The fourth-order valence-electron chi connectivity index (χ4n) is 4.71. The summed E-state index contributed by atoms with van der Waals surface area (Å²) in [4.78, 5) is 21.2. The SMILES string of the molecule is C[C@H]1CN([C@@H](C)CO)C(=O)Cc2cc(NS(=O)(=O)c3ccc(F)cc3)ccc2O[C@@H]1CN(C)Cc1ccncc1. The molecule has 0 spiro atoms. The molecule has 1 amide bonds. The molecule has 40 heavy (non-hydrogen) atoms. The van der Waals surface area contributed by atoms with E-state index in [1.54, 1.807) is 42.4 Å². The summed E-state index contributed by atoms with van der Waals surface area (Å²) in [6, 6.07) is 12.9. The largest absolute Gasteiger partial charge is 0.488 e. The summed E-state index contributed by atoms with van der Waals surface area (Å²) in [5, 5.41) is 9.85. The number of nitrogens with zero attached hydrogens (tertiary/aromatic N) is 3. The Hall–Kier alpha value is -3.54. The van der Waals surface area contributed by atoms with Gasteiger partial charge in [0.1, 0.15) is 17.7 Å². The summed E-state index contributed by atoms with van der Waals surface area (Å²) in [7, 11) is -1.99. The number of aliphatic hydroxyl groups is 1. The van der Waals surface area contributed by atoms with Gasteiger partial charge in [0, 0.05) is 49.2 Å². The molecule has 0 aliphatic carbocycles. The zero-order valence-electron chi connectivity index (χ0n) is 22.8. The van der Waals surface area contributed by atoms with E-state index in [-0.39, 0.29) is 41.5 Å². The van der Waals surface area contributed by atoms with E-state index < -0.39 is 21.9 Å². The highest BCUT2D eigenvalue weighted by molar-refractivity contribution is 7.92. The Balaban J connectivity index is 1.63. The van der Waals surface area contributed by atoms with E-state index in [1.807, 2.05) is 26.1 Å². The van der Waals surface area contributed by atoms with Gasteiger partial charge in [-0.2, -0.15) is 0 Å². The summed E-state index contributed by atoms with van der Waals surface area (Å²) < 4.78 is 48.1. The molecular formula is C29H35FN4O5S. The maximum Gasteiger partial charge on any atom is 0.261 e. The van der Waals surface area contributed by atoms with Gasteiger partial charge in [0.05, 0.1) is 24.0 Å². The normalized spacial score (nSPS) is 18.8. The minimum absolute atomic E-state index is 0.0297. The van der Waals surface area contributed by atoms with Crippen LogP contribution in [0, 0.1) is 11.7 Å². The Morgan fingerprint density at radius 2 is 1.88 bits per heavy atom. The second-order valence-electron chi connectivity index (χ2n) is 10.3. The molecule has 0 saturated heterocycles. The molecule has 3 atom stereocenters. The Labute approximate surface area is 234 Å². The van der Waals surface area contributed by atoms with Crippen molar-refractivity contribution < 1.29 is 27.4 Å². The lowest BCUT2D eigenvalue weighted by atomic mass is 10.0. The number of carbonyl (C=O) groups is 1. The third kappa shape index (κ3) is 7.35. The minimum atomic E-state index is -3.98. The first kappa shape index (κ1) is 29.4. The number of nitrogens with one attached hydrogen (secondary N) is 1. The van der Waals surface area contributed by atoms with E-state index in [1.165, 1.54) is 12.1 Å². The lowest BCUT2D eigenvalue weighted by molar-refractivity contribution is -0.134. The van der Waals surface area contributed by atoms with Crippen molar-refractivity contribution in [2.45, 2.75) is 43.9 Å².